The highest BCUT2D eigenvalue weighted by Gasteiger charge is 2.30. The van der Waals surface area contributed by atoms with Gasteiger partial charge in [0.25, 0.3) is 0 Å². The van der Waals surface area contributed by atoms with Crippen molar-refractivity contribution in [2.75, 3.05) is 26.2 Å². The van der Waals surface area contributed by atoms with Crippen molar-refractivity contribution in [3.05, 3.63) is 0 Å². The van der Waals surface area contributed by atoms with Crippen molar-refractivity contribution in [2.45, 2.75) is 124 Å². The fourth-order valence-electron chi connectivity index (χ4n) is 4.68. The molecule has 0 unspecified atom stereocenters. The van der Waals surface area contributed by atoms with Crippen LogP contribution in [0.3, 0.4) is 0 Å². The van der Waals surface area contributed by atoms with E-state index >= 15 is 0 Å². The minimum absolute atomic E-state index is 0.897. The standard InChI is InChI=1S/C24H50N/c1-4-5-15-20-25(22-17-18-23-25)21-16-13-11-9-7-6-8-10-12-14-19-24(2)3/h24H,4-23H2,1-3H3/q+1. The van der Waals surface area contributed by atoms with Gasteiger partial charge >= 0.3 is 0 Å². The fourth-order valence-corrected chi connectivity index (χ4v) is 4.68. The number of unbranched alkanes of at least 4 members (excludes halogenated alkanes) is 11. The van der Waals surface area contributed by atoms with Crippen molar-refractivity contribution in [3.63, 3.8) is 0 Å². The van der Waals surface area contributed by atoms with Crippen LogP contribution in [0.25, 0.3) is 0 Å². The number of nitrogens with zero attached hydrogens (tertiary/aromatic N) is 1. The summed E-state index contributed by atoms with van der Waals surface area (Å²) >= 11 is 0. The third-order valence-corrected chi connectivity index (χ3v) is 6.41. The van der Waals surface area contributed by atoms with E-state index in [0.29, 0.717) is 0 Å². The Morgan fingerprint density at radius 2 is 1.04 bits per heavy atom. The lowest BCUT2D eigenvalue weighted by Crippen LogP contribution is -2.46. The summed E-state index contributed by atoms with van der Waals surface area (Å²) < 4.78 is 1.48. The lowest BCUT2D eigenvalue weighted by molar-refractivity contribution is -0.917. The van der Waals surface area contributed by atoms with Crippen molar-refractivity contribution in [2.24, 2.45) is 5.92 Å². The van der Waals surface area contributed by atoms with Crippen LogP contribution in [0.4, 0.5) is 0 Å². The molecule has 0 bridgehead atoms. The van der Waals surface area contributed by atoms with Crippen LogP contribution >= 0.6 is 0 Å². The molecule has 0 radical (unpaired) electrons. The highest BCUT2D eigenvalue weighted by molar-refractivity contribution is 4.57. The van der Waals surface area contributed by atoms with Crippen LogP contribution in [-0.2, 0) is 0 Å². The molecule has 0 aliphatic carbocycles. The molecule has 1 heteroatoms. The van der Waals surface area contributed by atoms with E-state index in [2.05, 4.69) is 20.8 Å². The Kier molecular flexibility index (Phi) is 13.9. The quantitative estimate of drug-likeness (QED) is 0.185. The molecular formula is C24H50N+. The van der Waals surface area contributed by atoms with E-state index in [9.17, 15) is 0 Å². The maximum absolute atomic E-state index is 2.35. The minimum Gasteiger partial charge on any atom is -0.324 e. The summed E-state index contributed by atoms with van der Waals surface area (Å²) in [5.74, 6) is 0.897. The molecule has 1 heterocycles. The first-order valence-corrected chi connectivity index (χ1v) is 12.0. The summed E-state index contributed by atoms with van der Waals surface area (Å²) in [6.45, 7) is 13.0. The van der Waals surface area contributed by atoms with Crippen LogP contribution in [0.5, 0.6) is 0 Å². The van der Waals surface area contributed by atoms with E-state index in [1.54, 1.807) is 0 Å². The largest absolute Gasteiger partial charge is 0.324 e. The Balaban J connectivity index is 1.90. The highest BCUT2D eigenvalue weighted by Crippen LogP contribution is 2.22. The van der Waals surface area contributed by atoms with Crippen molar-refractivity contribution in [1.29, 1.82) is 0 Å². The summed E-state index contributed by atoms with van der Waals surface area (Å²) in [7, 11) is 0. The maximum atomic E-state index is 2.35. The summed E-state index contributed by atoms with van der Waals surface area (Å²) in [5, 5.41) is 0. The van der Waals surface area contributed by atoms with Gasteiger partial charge in [-0.15, -0.1) is 0 Å². The van der Waals surface area contributed by atoms with Gasteiger partial charge in [-0.3, -0.25) is 0 Å². The number of hydrogen-bond acceptors (Lipinski definition) is 0. The van der Waals surface area contributed by atoms with Gasteiger partial charge in [0.15, 0.2) is 0 Å². The fraction of sp³-hybridized carbons (Fsp3) is 1.00. The minimum atomic E-state index is 0.897. The van der Waals surface area contributed by atoms with Gasteiger partial charge < -0.3 is 4.48 Å². The summed E-state index contributed by atoms with van der Waals surface area (Å²) in [6.07, 6.45) is 23.5. The average Bonchev–Trinajstić information content (AvgIpc) is 3.05. The summed E-state index contributed by atoms with van der Waals surface area (Å²) in [4.78, 5) is 0. The topological polar surface area (TPSA) is 0 Å². The van der Waals surface area contributed by atoms with Gasteiger partial charge in [-0.25, -0.2) is 0 Å². The van der Waals surface area contributed by atoms with Crippen LogP contribution < -0.4 is 0 Å². The number of quaternary nitrogens is 1. The van der Waals surface area contributed by atoms with Gasteiger partial charge in [0.05, 0.1) is 26.2 Å². The van der Waals surface area contributed by atoms with Gasteiger partial charge in [-0.1, -0.05) is 85.0 Å². The second kappa shape index (κ2) is 15.1. The van der Waals surface area contributed by atoms with Crippen molar-refractivity contribution in [1.82, 2.24) is 0 Å². The van der Waals surface area contributed by atoms with Crippen molar-refractivity contribution < 1.29 is 4.48 Å². The van der Waals surface area contributed by atoms with Gasteiger partial charge in [0.2, 0.25) is 0 Å². The zero-order valence-electron chi connectivity index (χ0n) is 18.2. The SMILES string of the molecule is CCCCC[N+]1(CCCCCCCCCCCCC(C)C)CCCC1. The molecule has 25 heavy (non-hydrogen) atoms. The van der Waals surface area contributed by atoms with Crippen LogP contribution in [0.15, 0.2) is 0 Å². The van der Waals surface area contributed by atoms with E-state index in [1.165, 1.54) is 133 Å². The van der Waals surface area contributed by atoms with Crippen LogP contribution in [-0.4, -0.2) is 30.7 Å². The molecule has 1 aliphatic rings. The molecule has 1 aliphatic heterocycles. The zero-order valence-corrected chi connectivity index (χ0v) is 18.2. The van der Waals surface area contributed by atoms with Crippen molar-refractivity contribution in [3.8, 4) is 0 Å². The Morgan fingerprint density at radius 3 is 1.52 bits per heavy atom. The molecule has 0 N–H and O–H groups in total. The second-order valence-corrected chi connectivity index (χ2v) is 9.37. The van der Waals surface area contributed by atoms with E-state index < -0.39 is 0 Å². The Labute approximate surface area is 160 Å². The highest BCUT2D eigenvalue weighted by atomic mass is 15.4. The lowest BCUT2D eigenvalue weighted by Gasteiger charge is -2.34. The van der Waals surface area contributed by atoms with Gasteiger partial charge in [-0.05, 0) is 31.6 Å². The van der Waals surface area contributed by atoms with E-state index in [1.807, 2.05) is 0 Å². The zero-order chi connectivity index (χ0) is 18.2. The third kappa shape index (κ3) is 12.1. The summed E-state index contributed by atoms with van der Waals surface area (Å²) in [5.41, 5.74) is 0. The molecule has 1 fully saturated rings. The molecule has 0 aromatic carbocycles. The first kappa shape index (κ1) is 23.0. The maximum Gasteiger partial charge on any atom is 0.0788 e. The van der Waals surface area contributed by atoms with E-state index in [-0.39, 0.29) is 0 Å². The molecule has 0 aromatic rings. The second-order valence-electron chi connectivity index (χ2n) is 9.37. The molecular weight excluding hydrogens is 302 g/mol. The molecule has 0 atom stereocenters. The first-order chi connectivity index (χ1) is 12.2. The molecule has 0 amide bonds. The van der Waals surface area contributed by atoms with Gasteiger partial charge in [0.1, 0.15) is 0 Å². The normalized spacial score (nSPS) is 16.8. The van der Waals surface area contributed by atoms with Gasteiger partial charge in [-0.2, -0.15) is 0 Å². The number of likely N-dealkylation sites (tertiary alicyclic amines) is 1. The van der Waals surface area contributed by atoms with Crippen LogP contribution in [0.1, 0.15) is 124 Å². The molecule has 1 rings (SSSR count). The van der Waals surface area contributed by atoms with Crippen molar-refractivity contribution >= 4 is 0 Å². The van der Waals surface area contributed by atoms with Gasteiger partial charge in [0, 0.05) is 12.8 Å². The lowest BCUT2D eigenvalue weighted by atomic mass is 10.0. The predicted octanol–water partition coefficient (Wildman–Crippen LogP) is 7.73. The molecule has 1 nitrogen and oxygen atoms in total. The smallest absolute Gasteiger partial charge is 0.0788 e. The Hall–Kier alpha value is -0.0400. The molecule has 0 saturated carbocycles. The molecule has 0 spiro atoms. The average molecular weight is 353 g/mol. The first-order valence-electron chi connectivity index (χ1n) is 12.0. The monoisotopic (exact) mass is 352 g/mol. The third-order valence-electron chi connectivity index (χ3n) is 6.41. The van der Waals surface area contributed by atoms with E-state index in [0.717, 1.165) is 5.92 Å². The Morgan fingerprint density at radius 1 is 0.600 bits per heavy atom. The summed E-state index contributed by atoms with van der Waals surface area (Å²) in [6, 6.07) is 0. The molecule has 1 saturated heterocycles. The predicted molar refractivity (Wildman–Crippen MR) is 114 cm³/mol. The van der Waals surface area contributed by atoms with Crippen LogP contribution in [0.2, 0.25) is 0 Å². The van der Waals surface area contributed by atoms with E-state index in [4.69, 9.17) is 0 Å². The Bertz CT molecular complexity index is 278. The number of rotatable bonds is 17. The molecule has 0 aromatic heterocycles. The number of hydrogen-bond donors (Lipinski definition) is 0. The molecule has 150 valence electrons. The van der Waals surface area contributed by atoms with Crippen LogP contribution in [0, 0.1) is 5.92 Å².